The van der Waals surface area contributed by atoms with Gasteiger partial charge in [0.05, 0.1) is 5.52 Å². The van der Waals surface area contributed by atoms with Gasteiger partial charge in [0.25, 0.3) is 0 Å². The zero-order valence-electron chi connectivity index (χ0n) is 12.9. The van der Waals surface area contributed by atoms with Crippen LogP contribution in [0.25, 0.3) is 10.9 Å². The number of anilines is 1. The van der Waals surface area contributed by atoms with Gasteiger partial charge in [-0.1, -0.05) is 39.8 Å². The van der Waals surface area contributed by atoms with Crippen LogP contribution in [0.15, 0.2) is 24.3 Å². The van der Waals surface area contributed by atoms with Crippen LogP contribution in [0.2, 0.25) is 0 Å². The summed E-state index contributed by atoms with van der Waals surface area (Å²) in [4.78, 5) is 0. The summed E-state index contributed by atoms with van der Waals surface area (Å²) >= 11 is 1.60. The molecule has 1 aromatic carbocycles. The van der Waals surface area contributed by atoms with Gasteiger partial charge >= 0.3 is 0 Å². The Morgan fingerprint density at radius 1 is 1.10 bits per heavy atom. The van der Waals surface area contributed by atoms with Crippen molar-refractivity contribution < 1.29 is 0 Å². The van der Waals surface area contributed by atoms with Crippen molar-refractivity contribution in [3.63, 3.8) is 0 Å². The van der Waals surface area contributed by atoms with Gasteiger partial charge < -0.3 is 5.32 Å². The van der Waals surface area contributed by atoms with Crippen molar-refractivity contribution in [3.8, 4) is 0 Å². The number of benzene rings is 1. The maximum atomic E-state index is 4.54. The third-order valence-corrected chi connectivity index (χ3v) is 5.08. The second kappa shape index (κ2) is 4.73. The van der Waals surface area contributed by atoms with Crippen molar-refractivity contribution in [2.75, 3.05) is 5.32 Å². The molecule has 1 aliphatic carbocycles. The van der Waals surface area contributed by atoms with Gasteiger partial charge in [-0.2, -0.15) is 4.37 Å². The Labute approximate surface area is 125 Å². The average molecular weight is 288 g/mol. The monoisotopic (exact) mass is 288 g/mol. The first-order valence-electron chi connectivity index (χ1n) is 7.46. The number of fused-ring (bicyclic) bond motifs is 1. The van der Waals surface area contributed by atoms with Crippen LogP contribution in [-0.4, -0.2) is 10.4 Å². The second-order valence-electron chi connectivity index (χ2n) is 7.78. The Morgan fingerprint density at radius 2 is 1.75 bits per heavy atom. The van der Waals surface area contributed by atoms with E-state index in [0.29, 0.717) is 16.9 Å². The Kier molecular flexibility index (Phi) is 3.28. The highest BCUT2D eigenvalue weighted by Crippen LogP contribution is 2.46. The fourth-order valence-corrected chi connectivity index (χ4v) is 4.97. The van der Waals surface area contributed by atoms with Crippen molar-refractivity contribution in [2.24, 2.45) is 10.8 Å². The summed E-state index contributed by atoms with van der Waals surface area (Å²) in [6.07, 6.45) is 3.78. The lowest BCUT2D eigenvalue weighted by Crippen LogP contribution is -2.40. The van der Waals surface area contributed by atoms with Crippen molar-refractivity contribution in [2.45, 2.75) is 53.0 Å². The molecule has 0 atom stereocenters. The fourth-order valence-electron chi connectivity index (χ4n) is 4.13. The molecule has 2 nitrogen and oxygen atoms in total. The van der Waals surface area contributed by atoms with Gasteiger partial charge in [-0.05, 0) is 53.8 Å². The van der Waals surface area contributed by atoms with Gasteiger partial charge in [-0.25, -0.2) is 0 Å². The van der Waals surface area contributed by atoms with E-state index in [2.05, 4.69) is 61.7 Å². The summed E-state index contributed by atoms with van der Waals surface area (Å²) in [6.45, 7) is 9.58. The van der Waals surface area contributed by atoms with Crippen LogP contribution in [0, 0.1) is 10.8 Å². The molecule has 1 heterocycles. The molecule has 0 bridgehead atoms. The zero-order valence-corrected chi connectivity index (χ0v) is 13.7. The molecule has 2 aromatic rings. The standard InChI is InChI=1S/C17H24N2S/c1-16(2)9-12(10-17(3,4)11-16)18-15-13-7-5-6-8-14(13)19-20-15/h5-8,12,18H,9-11H2,1-4H3. The SMILES string of the molecule is CC1(C)CC(Nc2snc3ccccc23)CC(C)(C)C1. The van der Waals surface area contributed by atoms with Crippen LogP contribution < -0.4 is 5.32 Å². The van der Waals surface area contributed by atoms with Crippen LogP contribution in [0.5, 0.6) is 0 Å². The predicted molar refractivity (Wildman–Crippen MR) is 88.4 cm³/mol. The molecular weight excluding hydrogens is 264 g/mol. The van der Waals surface area contributed by atoms with Crippen molar-refractivity contribution in [3.05, 3.63) is 24.3 Å². The van der Waals surface area contributed by atoms with E-state index < -0.39 is 0 Å². The van der Waals surface area contributed by atoms with E-state index in [1.165, 1.54) is 29.6 Å². The molecule has 0 aliphatic heterocycles. The molecule has 0 amide bonds. The molecule has 0 radical (unpaired) electrons. The van der Waals surface area contributed by atoms with Crippen molar-refractivity contribution >= 4 is 27.4 Å². The highest BCUT2D eigenvalue weighted by Gasteiger charge is 2.38. The molecule has 108 valence electrons. The van der Waals surface area contributed by atoms with Crippen LogP contribution in [0.3, 0.4) is 0 Å². The normalized spacial score (nSPS) is 22.0. The quantitative estimate of drug-likeness (QED) is 0.809. The smallest absolute Gasteiger partial charge is 0.117 e. The lowest BCUT2D eigenvalue weighted by molar-refractivity contribution is 0.105. The van der Waals surface area contributed by atoms with E-state index in [9.17, 15) is 0 Å². The minimum absolute atomic E-state index is 0.417. The predicted octanol–water partition coefficient (Wildman–Crippen LogP) is 5.31. The summed E-state index contributed by atoms with van der Waals surface area (Å²) < 4.78 is 4.54. The summed E-state index contributed by atoms with van der Waals surface area (Å²) in [5.74, 6) is 0. The van der Waals surface area contributed by atoms with Crippen LogP contribution in [-0.2, 0) is 0 Å². The Bertz CT molecular complexity index is 596. The molecule has 1 fully saturated rings. The number of hydrogen-bond donors (Lipinski definition) is 1. The number of aromatic nitrogens is 1. The lowest BCUT2D eigenvalue weighted by Gasteiger charge is -2.45. The van der Waals surface area contributed by atoms with Gasteiger partial charge in [0.15, 0.2) is 0 Å². The Balaban J connectivity index is 1.84. The van der Waals surface area contributed by atoms with Gasteiger partial charge in [-0.3, -0.25) is 0 Å². The maximum absolute atomic E-state index is 4.54. The number of hydrogen-bond acceptors (Lipinski definition) is 3. The van der Waals surface area contributed by atoms with Gasteiger partial charge in [0, 0.05) is 11.4 Å². The third kappa shape index (κ3) is 2.83. The summed E-state index contributed by atoms with van der Waals surface area (Å²) in [7, 11) is 0. The van der Waals surface area contributed by atoms with Crippen molar-refractivity contribution in [1.29, 1.82) is 0 Å². The van der Waals surface area contributed by atoms with Gasteiger partial charge in [0.1, 0.15) is 5.00 Å². The summed E-state index contributed by atoms with van der Waals surface area (Å²) in [5.41, 5.74) is 1.94. The first-order chi connectivity index (χ1) is 9.35. The lowest BCUT2D eigenvalue weighted by atomic mass is 9.63. The molecule has 3 heteroatoms. The van der Waals surface area contributed by atoms with Crippen molar-refractivity contribution in [1.82, 2.24) is 4.37 Å². The molecule has 3 rings (SSSR count). The zero-order chi connectivity index (χ0) is 14.4. The minimum Gasteiger partial charge on any atom is -0.372 e. The Morgan fingerprint density at radius 3 is 2.45 bits per heavy atom. The molecular formula is C17H24N2S. The third-order valence-electron chi connectivity index (χ3n) is 4.27. The molecule has 1 aliphatic rings. The van der Waals surface area contributed by atoms with E-state index in [4.69, 9.17) is 0 Å². The summed E-state index contributed by atoms with van der Waals surface area (Å²) in [6, 6.07) is 8.96. The van der Waals surface area contributed by atoms with Crippen LogP contribution >= 0.6 is 11.5 Å². The highest BCUT2D eigenvalue weighted by molar-refractivity contribution is 7.11. The first kappa shape index (κ1) is 13.9. The number of rotatable bonds is 2. The number of nitrogens with one attached hydrogen (secondary N) is 1. The highest BCUT2D eigenvalue weighted by atomic mass is 32.1. The Hall–Kier alpha value is -1.09. The second-order valence-corrected chi connectivity index (χ2v) is 8.56. The number of nitrogens with zero attached hydrogens (tertiary/aromatic N) is 1. The summed E-state index contributed by atoms with van der Waals surface area (Å²) in [5, 5.41) is 6.27. The van der Waals surface area contributed by atoms with E-state index in [1.54, 1.807) is 11.5 Å². The van der Waals surface area contributed by atoms with Crippen LogP contribution in [0.4, 0.5) is 5.00 Å². The molecule has 20 heavy (non-hydrogen) atoms. The maximum Gasteiger partial charge on any atom is 0.117 e. The van der Waals surface area contributed by atoms with E-state index in [1.807, 2.05) is 0 Å². The van der Waals surface area contributed by atoms with Gasteiger partial charge in [0.2, 0.25) is 0 Å². The molecule has 0 saturated heterocycles. The topological polar surface area (TPSA) is 24.9 Å². The molecule has 1 saturated carbocycles. The largest absolute Gasteiger partial charge is 0.372 e. The molecule has 1 aromatic heterocycles. The minimum atomic E-state index is 0.417. The fraction of sp³-hybridized carbons (Fsp3) is 0.588. The first-order valence-corrected chi connectivity index (χ1v) is 8.23. The molecule has 0 unspecified atom stereocenters. The van der Waals surface area contributed by atoms with Gasteiger partial charge in [-0.15, -0.1) is 0 Å². The molecule has 1 N–H and O–H groups in total. The molecule has 0 spiro atoms. The van der Waals surface area contributed by atoms with E-state index in [0.717, 1.165) is 5.52 Å². The average Bonchev–Trinajstić information content (AvgIpc) is 2.69. The van der Waals surface area contributed by atoms with E-state index in [-0.39, 0.29) is 0 Å². The van der Waals surface area contributed by atoms with E-state index >= 15 is 0 Å². The van der Waals surface area contributed by atoms with Crippen LogP contribution in [0.1, 0.15) is 47.0 Å².